The molecule has 4 nitrogen and oxygen atoms in total. The van der Waals surface area contributed by atoms with Crippen LogP contribution in [0.1, 0.15) is 26.0 Å². The molecule has 0 spiro atoms. The Bertz CT molecular complexity index is 373. The van der Waals surface area contributed by atoms with Crippen molar-refractivity contribution in [3.63, 3.8) is 0 Å². The highest BCUT2D eigenvalue weighted by molar-refractivity contribution is 5.44. The standard InChI is InChI=1S/C11H18N4/c1-7-5-9(15-10(12-4)13-7)14-8-6-11(8,2)3/h5,8H,6H2,1-4H3,(H2,12,13,14,15). The summed E-state index contributed by atoms with van der Waals surface area (Å²) in [5, 5.41) is 6.39. The van der Waals surface area contributed by atoms with Crippen LogP contribution in [0.25, 0.3) is 0 Å². The van der Waals surface area contributed by atoms with E-state index in [9.17, 15) is 0 Å². The van der Waals surface area contributed by atoms with Crippen molar-refractivity contribution in [1.82, 2.24) is 9.97 Å². The summed E-state index contributed by atoms with van der Waals surface area (Å²) in [7, 11) is 1.83. The van der Waals surface area contributed by atoms with Gasteiger partial charge in [0.15, 0.2) is 0 Å². The third-order valence-corrected chi connectivity index (χ3v) is 2.91. The first kappa shape index (κ1) is 10.2. The zero-order valence-electron chi connectivity index (χ0n) is 9.76. The predicted molar refractivity (Wildman–Crippen MR) is 62.1 cm³/mol. The van der Waals surface area contributed by atoms with Gasteiger partial charge in [0.1, 0.15) is 5.82 Å². The number of nitrogens with zero attached hydrogens (tertiary/aromatic N) is 2. The molecule has 1 aliphatic rings. The zero-order valence-corrected chi connectivity index (χ0v) is 9.76. The summed E-state index contributed by atoms with van der Waals surface area (Å²) in [4.78, 5) is 8.62. The average molecular weight is 206 g/mol. The fraction of sp³-hybridized carbons (Fsp3) is 0.636. The van der Waals surface area contributed by atoms with Crippen molar-refractivity contribution in [3.8, 4) is 0 Å². The van der Waals surface area contributed by atoms with E-state index in [0.717, 1.165) is 11.5 Å². The van der Waals surface area contributed by atoms with Crippen molar-refractivity contribution >= 4 is 11.8 Å². The molecule has 0 radical (unpaired) electrons. The van der Waals surface area contributed by atoms with E-state index < -0.39 is 0 Å². The lowest BCUT2D eigenvalue weighted by Gasteiger charge is -2.09. The molecule has 0 saturated heterocycles. The van der Waals surface area contributed by atoms with Crippen molar-refractivity contribution in [2.24, 2.45) is 5.41 Å². The molecule has 1 saturated carbocycles. The number of aromatic nitrogens is 2. The van der Waals surface area contributed by atoms with Crippen LogP contribution in [0.5, 0.6) is 0 Å². The molecule has 0 bridgehead atoms. The van der Waals surface area contributed by atoms with Crippen LogP contribution in [0.3, 0.4) is 0 Å². The van der Waals surface area contributed by atoms with E-state index in [1.165, 1.54) is 6.42 Å². The van der Waals surface area contributed by atoms with Gasteiger partial charge < -0.3 is 10.6 Å². The Morgan fingerprint density at radius 2 is 2.07 bits per heavy atom. The molecule has 1 unspecified atom stereocenters. The van der Waals surface area contributed by atoms with Gasteiger partial charge in [-0.1, -0.05) is 13.8 Å². The maximum Gasteiger partial charge on any atom is 0.224 e. The van der Waals surface area contributed by atoms with Crippen LogP contribution in [-0.2, 0) is 0 Å². The summed E-state index contributed by atoms with van der Waals surface area (Å²) in [5.41, 5.74) is 1.40. The fourth-order valence-corrected chi connectivity index (χ4v) is 1.65. The Morgan fingerprint density at radius 1 is 1.40 bits per heavy atom. The third kappa shape index (κ3) is 2.19. The Balaban J connectivity index is 2.11. The zero-order chi connectivity index (χ0) is 11.1. The molecule has 4 heteroatoms. The first-order chi connectivity index (χ1) is 7.01. The number of nitrogens with one attached hydrogen (secondary N) is 2. The molecule has 0 aromatic carbocycles. The first-order valence-electron chi connectivity index (χ1n) is 5.31. The van der Waals surface area contributed by atoms with Gasteiger partial charge in [0.25, 0.3) is 0 Å². The Kier molecular flexibility index (Phi) is 2.29. The highest BCUT2D eigenvalue weighted by Gasteiger charge is 2.45. The minimum Gasteiger partial charge on any atom is -0.367 e. The fourth-order valence-electron chi connectivity index (χ4n) is 1.65. The van der Waals surface area contributed by atoms with E-state index in [-0.39, 0.29) is 0 Å². The molecule has 1 atom stereocenters. The maximum atomic E-state index is 4.36. The molecule has 15 heavy (non-hydrogen) atoms. The van der Waals surface area contributed by atoms with E-state index >= 15 is 0 Å². The normalized spacial score (nSPS) is 22.3. The number of hydrogen-bond acceptors (Lipinski definition) is 4. The Morgan fingerprint density at radius 3 is 2.60 bits per heavy atom. The van der Waals surface area contributed by atoms with Gasteiger partial charge in [0, 0.05) is 24.8 Å². The highest BCUT2D eigenvalue weighted by atomic mass is 15.2. The first-order valence-corrected chi connectivity index (χ1v) is 5.31. The molecule has 1 aromatic rings. The summed E-state index contributed by atoms with van der Waals surface area (Å²) in [5.74, 6) is 1.60. The monoisotopic (exact) mass is 206 g/mol. The van der Waals surface area contributed by atoms with Gasteiger partial charge in [-0.25, -0.2) is 4.98 Å². The molecule has 2 N–H and O–H groups in total. The SMILES string of the molecule is CNc1nc(C)cc(NC2CC2(C)C)n1. The molecule has 1 fully saturated rings. The van der Waals surface area contributed by atoms with Gasteiger partial charge in [-0.2, -0.15) is 4.98 Å². The minimum atomic E-state index is 0.415. The molecule has 1 aliphatic carbocycles. The van der Waals surface area contributed by atoms with Crippen molar-refractivity contribution in [2.75, 3.05) is 17.7 Å². The molecule has 1 aromatic heterocycles. The largest absolute Gasteiger partial charge is 0.367 e. The van der Waals surface area contributed by atoms with Gasteiger partial charge in [-0.3, -0.25) is 0 Å². The molecule has 1 heterocycles. The van der Waals surface area contributed by atoms with Gasteiger partial charge in [0.05, 0.1) is 0 Å². The lowest BCUT2D eigenvalue weighted by Crippen LogP contribution is -2.11. The van der Waals surface area contributed by atoms with Crippen LogP contribution in [-0.4, -0.2) is 23.1 Å². The smallest absolute Gasteiger partial charge is 0.224 e. The van der Waals surface area contributed by atoms with Gasteiger partial charge in [-0.15, -0.1) is 0 Å². The third-order valence-electron chi connectivity index (χ3n) is 2.91. The number of rotatable bonds is 3. The second-order valence-corrected chi connectivity index (χ2v) is 4.86. The van der Waals surface area contributed by atoms with Gasteiger partial charge in [-0.05, 0) is 18.8 Å². The molecule has 0 amide bonds. The average Bonchev–Trinajstić information content (AvgIpc) is 2.72. The summed E-state index contributed by atoms with van der Waals surface area (Å²) in [6, 6.07) is 2.53. The second kappa shape index (κ2) is 3.36. The van der Waals surface area contributed by atoms with Crippen molar-refractivity contribution in [1.29, 1.82) is 0 Å². The van der Waals surface area contributed by atoms with Crippen LogP contribution in [0.2, 0.25) is 0 Å². The number of anilines is 2. The number of aryl methyl sites for hydroxylation is 1. The molecular weight excluding hydrogens is 188 g/mol. The second-order valence-electron chi connectivity index (χ2n) is 4.86. The molecule has 82 valence electrons. The lowest BCUT2D eigenvalue weighted by atomic mass is 10.2. The van der Waals surface area contributed by atoms with Crippen molar-refractivity contribution in [3.05, 3.63) is 11.8 Å². The molecular formula is C11H18N4. The Labute approximate surface area is 90.5 Å². The lowest BCUT2D eigenvalue weighted by molar-refractivity contribution is 0.630. The van der Waals surface area contributed by atoms with E-state index in [1.807, 2.05) is 20.0 Å². The van der Waals surface area contributed by atoms with Crippen LogP contribution >= 0.6 is 0 Å². The maximum absolute atomic E-state index is 4.36. The number of hydrogen-bond donors (Lipinski definition) is 2. The van der Waals surface area contributed by atoms with Gasteiger partial charge in [0.2, 0.25) is 5.95 Å². The van der Waals surface area contributed by atoms with E-state index in [1.54, 1.807) is 0 Å². The summed E-state index contributed by atoms with van der Waals surface area (Å²) in [6.45, 7) is 6.50. The van der Waals surface area contributed by atoms with Crippen LogP contribution < -0.4 is 10.6 Å². The van der Waals surface area contributed by atoms with E-state index in [4.69, 9.17) is 0 Å². The van der Waals surface area contributed by atoms with Crippen LogP contribution in [0.15, 0.2) is 6.07 Å². The summed E-state index contributed by atoms with van der Waals surface area (Å²) >= 11 is 0. The summed E-state index contributed by atoms with van der Waals surface area (Å²) < 4.78 is 0. The van der Waals surface area contributed by atoms with Crippen LogP contribution in [0.4, 0.5) is 11.8 Å². The van der Waals surface area contributed by atoms with Crippen molar-refractivity contribution in [2.45, 2.75) is 33.2 Å². The topological polar surface area (TPSA) is 49.8 Å². The van der Waals surface area contributed by atoms with Crippen LogP contribution in [0, 0.1) is 12.3 Å². The summed E-state index contributed by atoms with van der Waals surface area (Å²) in [6.07, 6.45) is 1.21. The van der Waals surface area contributed by atoms with E-state index in [0.29, 0.717) is 17.4 Å². The molecule has 0 aliphatic heterocycles. The highest BCUT2D eigenvalue weighted by Crippen LogP contribution is 2.46. The Hall–Kier alpha value is -1.32. The quantitative estimate of drug-likeness (QED) is 0.794. The predicted octanol–water partition coefficient (Wildman–Crippen LogP) is 2.04. The minimum absolute atomic E-state index is 0.415. The molecule has 2 rings (SSSR count). The van der Waals surface area contributed by atoms with Gasteiger partial charge >= 0.3 is 0 Å². The van der Waals surface area contributed by atoms with Crippen molar-refractivity contribution < 1.29 is 0 Å². The van der Waals surface area contributed by atoms with E-state index in [2.05, 4.69) is 34.4 Å².